The van der Waals surface area contributed by atoms with E-state index < -0.39 is 5.41 Å². The summed E-state index contributed by atoms with van der Waals surface area (Å²) < 4.78 is 6.67. The average Bonchev–Trinajstić information content (AvgIpc) is 3.72. The van der Waals surface area contributed by atoms with Crippen LogP contribution in [0, 0.1) is 0 Å². The Morgan fingerprint density at radius 2 is 1.11 bits per heavy atom. The fourth-order valence-corrected chi connectivity index (χ4v) is 8.02. The number of hydrogen-bond donors (Lipinski definition) is 0. The molecule has 2 heteroatoms. The highest BCUT2D eigenvalue weighted by molar-refractivity contribution is 6.05. The van der Waals surface area contributed by atoms with Crippen molar-refractivity contribution in [2.45, 2.75) is 5.41 Å². The number of hydrogen-bond acceptors (Lipinski definition) is 2. The standard InChI is InChI=1S/C42H25NO/c1-2-13-26(14-3-1)32-25-37(43-36-23-10-6-15-27(32)36)30-19-12-22-35-39(30)28-16-4-8-20-33(28)42(35)34-21-9-5-17-29(34)41-40(42)31-18-7-11-24-38(31)44-41/h1-25H. The van der Waals surface area contributed by atoms with Gasteiger partial charge in [-0.05, 0) is 57.1 Å². The van der Waals surface area contributed by atoms with E-state index in [-0.39, 0.29) is 0 Å². The molecule has 1 atom stereocenters. The Balaban J connectivity index is 1.34. The van der Waals surface area contributed by atoms with Crippen molar-refractivity contribution in [2.24, 2.45) is 0 Å². The minimum absolute atomic E-state index is 0.487. The van der Waals surface area contributed by atoms with Crippen molar-refractivity contribution in [1.29, 1.82) is 0 Å². The molecule has 2 heterocycles. The Labute approximate surface area is 254 Å². The van der Waals surface area contributed by atoms with Gasteiger partial charge in [0.1, 0.15) is 11.3 Å². The van der Waals surface area contributed by atoms with Gasteiger partial charge < -0.3 is 4.42 Å². The summed E-state index contributed by atoms with van der Waals surface area (Å²) in [4.78, 5) is 5.31. The molecule has 2 nitrogen and oxygen atoms in total. The monoisotopic (exact) mass is 559 g/mol. The molecular formula is C42H25NO. The van der Waals surface area contributed by atoms with Gasteiger partial charge in [-0.3, -0.25) is 0 Å². The van der Waals surface area contributed by atoms with Crippen molar-refractivity contribution in [3.8, 4) is 44.8 Å². The molecule has 0 radical (unpaired) electrons. The molecule has 44 heavy (non-hydrogen) atoms. The van der Waals surface area contributed by atoms with E-state index in [2.05, 4.69) is 152 Å². The van der Waals surface area contributed by atoms with Gasteiger partial charge in [0, 0.05) is 27.5 Å². The molecule has 0 fully saturated rings. The van der Waals surface area contributed by atoms with Crippen molar-refractivity contribution in [1.82, 2.24) is 4.98 Å². The van der Waals surface area contributed by atoms with Gasteiger partial charge in [0.15, 0.2) is 0 Å². The maximum absolute atomic E-state index is 6.67. The Kier molecular flexibility index (Phi) is 4.68. The van der Waals surface area contributed by atoms with E-state index in [9.17, 15) is 0 Å². The highest BCUT2D eigenvalue weighted by Gasteiger charge is 2.54. The van der Waals surface area contributed by atoms with Crippen molar-refractivity contribution in [3.63, 3.8) is 0 Å². The second-order valence-corrected chi connectivity index (χ2v) is 11.8. The number of para-hydroxylation sites is 2. The van der Waals surface area contributed by atoms with Gasteiger partial charge in [0.2, 0.25) is 0 Å². The molecular weight excluding hydrogens is 534 g/mol. The lowest BCUT2D eigenvalue weighted by atomic mass is 9.70. The first-order valence-corrected chi connectivity index (χ1v) is 15.1. The highest BCUT2D eigenvalue weighted by atomic mass is 16.3. The lowest BCUT2D eigenvalue weighted by Crippen LogP contribution is -2.25. The minimum atomic E-state index is -0.487. The molecule has 8 aromatic rings. The van der Waals surface area contributed by atoms with Gasteiger partial charge in [-0.1, -0.05) is 133 Å². The van der Waals surface area contributed by atoms with Crippen LogP contribution < -0.4 is 0 Å². The van der Waals surface area contributed by atoms with Crippen LogP contribution in [0.25, 0.3) is 66.7 Å². The average molecular weight is 560 g/mol. The number of aromatic nitrogens is 1. The molecule has 0 aliphatic heterocycles. The number of pyridine rings is 1. The minimum Gasteiger partial charge on any atom is -0.456 e. The number of rotatable bonds is 2. The number of nitrogens with zero attached hydrogens (tertiary/aromatic N) is 1. The molecule has 0 amide bonds. The Hall–Kier alpha value is -5.73. The van der Waals surface area contributed by atoms with Gasteiger partial charge in [-0.25, -0.2) is 4.98 Å². The Bertz CT molecular complexity index is 2450. The molecule has 2 aliphatic rings. The zero-order chi connectivity index (χ0) is 28.8. The van der Waals surface area contributed by atoms with E-state index in [0.29, 0.717) is 0 Å². The zero-order valence-corrected chi connectivity index (χ0v) is 23.8. The van der Waals surface area contributed by atoms with Crippen LogP contribution in [0.4, 0.5) is 0 Å². The third-order valence-corrected chi connectivity index (χ3v) is 9.69. The molecule has 204 valence electrons. The molecule has 1 spiro atoms. The molecule has 0 saturated carbocycles. The van der Waals surface area contributed by atoms with Crippen LogP contribution in [-0.2, 0) is 5.41 Å². The molecule has 0 N–H and O–H groups in total. The van der Waals surface area contributed by atoms with Crippen LogP contribution in [-0.4, -0.2) is 4.98 Å². The molecule has 10 rings (SSSR count). The number of fused-ring (bicyclic) bond motifs is 13. The maximum Gasteiger partial charge on any atom is 0.140 e. The van der Waals surface area contributed by atoms with Crippen LogP contribution in [0.1, 0.15) is 22.3 Å². The summed E-state index contributed by atoms with van der Waals surface area (Å²) in [6.45, 7) is 0. The highest BCUT2D eigenvalue weighted by Crippen LogP contribution is 2.65. The van der Waals surface area contributed by atoms with Gasteiger partial charge in [0.05, 0.1) is 16.6 Å². The fraction of sp³-hybridized carbons (Fsp3) is 0.0238. The lowest BCUT2D eigenvalue weighted by molar-refractivity contribution is 0.628. The Morgan fingerprint density at radius 3 is 1.98 bits per heavy atom. The van der Waals surface area contributed by atoms with Crippen molar-refractivity contribution in [3.05, 3.63) is 174 Å². The zero-order valence-electron chi connectivity index (χ0n) is 23.8. The number of benzene rings is 6. The molecule has 0 bridgehead atoms. The summed E-state index contributed by atoms with van der Waals surface area (Å²) in [5, 5.41) is 2.33. The quantitative estimate of drug-likeness (QED) is 0.211. The van der Waals surface area contributed by atoms with Crippen molar-refractivity contribution in [2.75, 3.05) is 0 Å². The van der Waals surface area contributed by atoms with Crippen LogP contribution in [0.3, 0.4) is 0 Å². The predicted octanol–water partition coefficient (Wildman–Crippen LogP) is 10.7. The second-order valence-electron chi connectivity index (χ2n) is 11.8. The van der Waals surface area contributed by atoms with Gasteiger partial charge >= 0.3 is 0 Å². The summed E-state index contributed by atoms with van der Waals surface area (Å²) in [5.41, 5.74) is 14.7. The fourth-order valence-electron chi connectivity index (χ4n) is 8.02. The topological polar surface area (TPSA) is 26.0 Å². The first kappa shape index (κ1) is 23.8. The summed E-state index contributed by atoms with van der Waals surface area (Å²) in [6.07, 6.45) is 0. The first-order valence-electron chi connectivity index (χ1n) is 15.1. The van der Waals surface area contributed by atoms with Gasteiger partial charge in [-0.2, -0.15) is 0 Å². The summed E-state index contributed by atoms with van der Waals surface area (Å²) in [5.74, 6) is 0.977. The molecule has 1 unspecified atom stereocenters. The normalized spacial score (nSPS) is 15.8. The van der Waals surface area contributed by atoms with Crippen molar-refractivity contribution >= 4 is 21.9 Å². The molecule has 6 aromatic carbocycles. The van der Waals surface area contributed by atoms with Crippen LogP contribution >= 0.6 is 0 Å². The summed E-state index contributed by atoms with van der Waals surface area (Å²) in [6, 6.07) is 54.4. The molecule has 0 saturated heterocycles. The maximum atomic E-state index is 6.67. The summed E-state index contributed by atoms with van der Waals surface area (Å²) >= 11 is 0. The van der Waals surface area contributed by atoms with E-state index in [1.165, 1.54) is 55.5 Å². The lowest BCUT2D eigenvalue weighted by Gasteiger charge is -2.30. The van der Waals surface area contributed by atoms with E-state index in [4.69, 9.17) is 9.40 Å². The van der Waals surface area contributed by atoms with Crippen LogP contribution in [0.15, 0.2) is 156 Å². The van der Waals surface area contributed by atoms with Gasteiger partial charge in [-0.15, -0.1) is 0 Å². The third-order valence-electron chi connectivity index (χ3n) is 9.69. The third kappa shape index (κ3) is 2.92. The summed E-state index contributed by atoms with van der Waals surface area (Å²) in [7, 11) is 0. The number of furan rings is 1. The second kappa shape index (κ2) is 8.65. The van der Waals surface area contributed by atoms with E-state index in [1.54, 1.807) is 0 Å². The first-order chi connectivity index (χ1) is 21.8. The largest absolute Gasteiger partial charge is 0.456 e. The van der Waals surface area contributed by atoms with Crippen LogP contribution in [0.2, 0.25) is 0 Å². The predicted molar refractivity (Wildman–Crippen MR) is 179 cm³/mol. The van der Waals surface area contributed by atoms with Gasteiger partial charge in [0.25, 0.3) is 0 Å². The van der Waals surface area contributed by atoms with Crippen LogP contribution in [0.5, 0.6) is 0 Å². The van der Waals surface area contributed by atoms with E-state index in [1.807, 2.05) is 0 Å². The molecule has 2 aliphatic carbocycles. The Morgan fingerprint density at radius 1 is 0.477 bits per heavy atom. The SMILES string of the molecule is c1ccc(-c2cc(-c3cccc4c3-c3ccccc3C43c4ccccc4-c4oc5ccccc5c43)nc3ccccc23)cc1. The van der Waals surface area contributed by atoms with Crippen molar-refractivity contribution < 1.29 is 4.42 Å². The smallest absolute Gasteiger partial charge is 0.140 e. The molecule has 2 aromatic heterocycles. The van der Waals surface area contributed by atoms with E-state index in [0.717, 1.165) is 33.5 Å². The van der Waals surface area contributed by atoms with E-state index >= 15 is 0 Å².